The fraction of sp³-hybridized carbons (Fsp3) is 0.364. The van der Waals surface area contributed by atoms with Gasteiger partial charge in [0.1, 0.15) is 6.61 Å². The predicted octanol–water partition coefficient (Wildman–Crippen LogP) is 3.91. The molecule has 0 aromatic heterocycles. The minimum Gasteiger partial charge on any atom is -0.480 e. The number of carboxylic acids is 1. The number of rotatable bonds is 8. The Morgan fingerprint density at radius 1 is 1.06 bits per heavy atom. The lowest BCUT2D eigenvalue weighted by Crippen LogP contribution is -2.44. The number of phosphoric ester groups is 1. The van der Waals surface area contributed by atoms with Gasteiger partial charge in [-0.25, -0.2) is 14.2 Å². The zero-order valence-corrected chi connectivity index (χ0v) is 18.9. The van der Waals surface area contributed by atoms with E-state index in [2.05, 4.69) is 5.32 Å². The summed E-state index contributed by atoms with van der Waals surface area (Å²) in [5, 5.41) is 11.5. The Morgan fingerprint density at radius 3 is 2.09 bits per heavy atom. The Balaban J connectivity index is 1.61. The number of carboxylic acid groups (broad SMARTS) is 1. The second-order valence-corrected chi connectivity index (χ2v) is 9.71. The molecule has 2 aromatic carbocycles. The van der Waals surface area contributed by atoms with E-state index in [9.17, 15) is 24.2 Å². The fourth-order valence-electron chi connectivity index (χ4n) is 3.50. The highest BCUT2D eigenvalue weighted by Gasteiger charge is 2.33. The van der Waals surface area contributed by atoms with E-state index in [1.165, 1.54) is 0 Å². The Hall–Kier alpha value is -2.71. The molecule has 1 aliphatic rings. The van der Waals surface area contributed by atoms with Crippen LogP contribution in [0.4, 0.5) is 4.79 Å². The third-order valence-electron chi connectivity index (χ3n) is 4.73. The minimum atomic E-state index is -4.51. The first-order valence-corrected chi connectivity index (χ1v) is 11.5. The van der Waals surface area contributed by atoms with Crippen molar-refractivity contribution in [1.82, 2.24) is 5.32 Å². The summed E-state index contributed by atoms with van der Waals surface area (Å²) in [4.78, 5) is 33.5. The zero-order valence-electron chi connectivity index (χ0n) is 18.0. The summed E-state index contributed by atoms with van der Waals surface area (Å²) in [5.74, 6) is -1.64. The largest absolute Gasteiger partial charge is 0.480 e. The van der Waals surface area contributed by atoms with Crippen LogP contribution in [0, 0.1) is 0 Å². The van der Waals surface area contributed by atoms with Gasteiger partial charge in [-0.2, -0.15) is 0 Å². The van der Waals surface area contributed by atoms with Crippen LogP contribution in [-0.4, -0.2) is 46.9 Å². The topological polar surface area (TPSA) is 131 Å². The van der Waals surface area contributed by atoms with Crippen molar-refractivity contribution in [1.29, 1.82) is 0 Å². The summed E-state index contributed by atoms with van der Waals surface area (Å²) in [7, 11) is -4.51. The number of ether oxygens (including phenoxy) is 1. The quantitative estimate of drug-likeness (QED) is 0.502. The summed E-state index contributed by atoms with van der Waals surface area (Å²) < 4.78 is 26.9. The number of hydrogen-bond donors (Lipinski definition) is 3. The number of carbonyl (C=O) groups is 2. The van der Waals surface area contributed by atoms with E-state index in [-0.39, 0.29) is 12.5 Å². The van der Waals surface area contributed by atoms with Crippen LogP contribution in [0.1, 0.15) is 37.8 Å². The maximum absolute atomic E-state index is 12.3. The van der Waals surface area contributed by atoms with Gasteiger partial charge in [-0.1, -0.05) is 48.5 Å². The van der Waals surface area contributed by atoms with Crippen molar-refractivity contribution in [3.63, 3.8) is 0 Å². The van der Waals surface area contributed by atoms with Gasteiger partial charge in [0.25, 0.3) is 0 Å². The van der Waals surface area contributed by atoms with E-state index in [0.717, 1.165) is 22.3 Å². The number of fused-ring (bicyclic) bond motifs is 3. The van der Waals surface area contributed by atoms with Crippen molar-refractivity contribution in [2.45, 2.75) is 38.3 Å². The Bertz CT molecular complexity index is 1000. The first-order chi connectivity index (χ1) is 15.0. The molecule has 2 atom stereocenters. The summed E-state index contributed by atoms with van der Waals surface area (Å²) >= 11 is 0. The van der Waals surface area contributed by atoms with Crippen LogP contribution in [-0.2, 0) is 23.1 Å². The Kier molecular flexibility index (Phi) is 7.05. The SMILES string of the molecule is CC(C)(C)OP(=O)(O)OC[C@H](NC(=O)OCC1c2ccccc2-c2ccccc21)C(=O)O. The molecule has 3 rings (SSSR count). The number of phosphoric acid groups is 1. The molecular weight excluding hydrogens is 437 g/mol. The molecule has 0 bridgehead atoms. The molecule has 0 heterocycles. The first-order valence-electron chi connectivity index (χ1n) is 9.99. The number of amides is 1. The molecule has 9 nitrogen and oxygen atoms in total. The standard InChI is InChI=1S/C22H26NO8P/c1-22(2,3)31-32(27,28)30-13-19(20(24)25)23-21(26)29-12-18-16-10-6-4-8-14(16)15-9-5-7-11-17(15)18/h4-11,18-19H,12-13H2,1-3H3,(H,23,26)(H,24,25)(H,27,28)/t19-/m0/s1. The highest BCUT2D eigenvalue weighted by Crippen LogP contribution is 2.47. The van der Waals surface area contributed by atoms with Gasteiger partial charge in [0.2, 0.25) is 0 Å². The molecule has 1 amide bonds. The van der Waals surface area contributed by atoms with Crippen LogP contribution >= 0.6 is 7.82 Å². The van der Waals surface area contributed by atoms with Crippen LogP contribution < -0.4 is 5.32 Å². The van der Waals surface area contributed by atoms with E-state index in [1.54, 1.807) is 20.8 Å². The third kappa shape index (κ3) is 5.95. The van der Waals surface area contributed by atoms with E-state index in [1.807, 2.05) is 48.5 Å². The highest BCUT2D eigenvalue weighted by molar-refractivity contribution is 7.47. The average molecular weight is 463 g/mol. The van der Waals surface area contributed by atoms with Crippen molar-refractivity contribution < 1.29 is 37.9 Å². The second kappa shape index (κ2) is 9.42. The lowest BCUT2D eigenvalue weighted by atomic mass is 9.98. The van der Waals surface area contributed by atoms with E-state index >= 15 is 0 Å². The first kappa shape index (κ1) is 23.9. The normalized spacial score (nSPS) is 15.9. The molecular formula is C22H26NO8P. The fourth-order valence-corrected chi connectivity index (χ4v) is 4.58. The van der Waals surface area contributed by atoms with Gasteiger partial charge >= 0.3 is 19.9 Å². The lowest BCUT2D eigenvalue weighted by Gasteiger charge is -2.24. The molecule has 0 saturated carbocycles. The molecule has 32 heavy (non-hydrogen) atoms. The molecule has 0 saturated heterocycles. The van der Waals surface area contributed by atoms with Crippen LogP contribution in [0.3, 0.4) is 0 Å². The van der Waals surface area contributed by atoms with Gasteiger partial charge in [0.05, 0.1) is 12.2 Å². The van der Waals surface area contributed by atoms with Gasteiger partial charge in [0, 0.05) is 5.92 Å². The van der Waals surface area contributed by atoms with Gasteiger partial charge in [-0.05, 0) is 43.0 Å². The zero-order chi connectivity index (χ0) is 23.5. The molecule has 1 aliphatic carbocycles. The minimum absolute atomic E-state index is 0.00131. The number of aliphatic carboxylic acids is 1. The average Bonchev–Trinajstić information content (AvgIpc) is 3.01. The predicted molar refractivity (Wildman–Crippen MR) is 116 cm³/mol. The van der Waals surface area contributed by atoms with Crippen LogP contribution in [0.15, 0.2) is 48.5 Å². The molecule has 2 aromatic rings. The molecule has 0 fully saturated rings. The maximum Gasteiger partial charge on any atom is 0.472 e. The summed E-state index contributed by atoms with van der Waals surface area (Å²) in [6.07, 6.45) is -0.979. The van der Waals surface area contributed by atoms with Gasteiger partial charge in [0.15, 0.2) is 6.04 Å². The number of benzene rings is 2. The maximum atomic E-state index is 12.3. The Labute approximate surface area is 185 Å². The number of hydrogen-bond acceptors (Lipinski definition) is 6. The van der Waals surface area contributed by atoms with Crippen molar-refractivity contribution in [2.24, 2.45) is 0 Å². The molecule has 10 heteroatoms. The highest BCUT2D eigenvalue weighted by atomic mass is 31.2. The smallest absolute Gasteiger partial charge is 0.472 e. The number of alkyl carbamates (subject to hydrolysis) is 1. The summed E-state index contributed by atoms with van der Waals surface area (Å²) in [6, 6.07) is 14.0. The van der Waals surface area contributed by atoms with Crippen molar-refractivity contribution in [3.8, 4) is 11.1 Å². The lowest BCUT2D eigenvalue weighted by molar-refractivity contribution is -0.140. The molecule has 0 radical (unpaired) electrons. The van der Waals surface area contributed by atoms with E-state index < -0.39 is 38.1 Å². The monoisotopic (exact) mass is 463 g/mol. The summed E-state index contributed by atoms with van der Waals surface area (Å²) in [6.45, 7) is 3.86. The van der Waals surface area contributed by atoms with Gasteiger partial charge < -0.3 is 20.1 Å². The second-order valence-electron chi connectivity index (χ2n) is 8.33. The molecule has 0 aliphatic heterocycles. The summed E-state index contributed by atoms with van der Waals surface area (Å²) in [5.41, 5.74) is 3.17. The molecule has 0 spiro atoms. The van der Waals surface area contributed by atoms with E-state index in [0.29, 0.717) is 0 Å². The third-order valence-corrected chi connectivity index (χ3v) is 5.98. The van der Waals surface area contributed by atoms with Gasteiger partial charge in [-0.3, -0.25) is 9.05 Å². The van der Waals surface area contributed by atoms with Crippen molar-refractivity contribution >= 4 is 19.9 Å². The molecule has 1 unspecified atom stereocenters. The van der Waals surface area contributed by atoms with Crippen molar-refractivity contribution in [2.75, 3.05) is 13.2 Å². The number of carbonyl (C=O) groups excluding carboxylic acids is 1. The Morgan fingerprint density at radius 2 is 1.59 bits per heavy atom. The van der Waals surface area contributed by atoms with E-state index in [4.69, 9.17) is 13.8 Å². The molecule has 3 N–H and O–H groups in total. The molecule has 172 valence electrons. The van der Waals surface area contributed by atoms with Crippen LogP contribution in [0.25, 0.3) is 11.1 Å². The number of nitrogens with one attached hydrogen (secondary N) is 1. The van der Waals surface area contributed by atoms with Crippen LogP contribution in [0.5, 0.6) is 0 Å². The van der Waals surface area contributed by atoms with Crippen LogP contribution in [0.2, 0.25) is 0 Å². The van der Waals surface area contributed by atoms with Crippen molar-refractivity contribution in [3.05, 3.63) is 59.7 Å². The van der Waals surface area contributed by atoms with Gasteiger partial charge in [-0.15, -0.1) is 0 Å².